The third-order valence-electron chi connectivity index (χ3n) is 6.03. The SMILES string of the molecule is O=[N+]([O-])c1ccc2[nH]c3c(c2c1)CCC[C@@H]3[NH2+]C1Cc2ccccc2C1. The van der Waals surface area contributed by atoms with Crippen LogP contribution >= 0.6 is 0 Å². The van der Waals surface area contributed by atoms with Gasteiger partial charge in [0.05, 0.1) is 16.7 Å². The van der Waals surface area contributed by atoms with Crippen LogP contribution in [-0.4, -0.2) is 15.9 Å². The van der Waals surface area contributed by atoms with E-state index in [1.54, 1.807) is 12.1 Å². The number of hydrogen-bond acceptors (Lipinski definition) is 2. The monoisotopic (exact) mass is 348 g/mol. The summed E-state index contributed by atoms with van der Waals surface area (Å²) in [5.74, 6) is 0. The largest absolute Gasteiger partial charge is 0.353 e. The van der Waals surface area contributed by atoms with E-state index in [0.29, 0.717) is 12.1 Å². The van der Waals surface area contributed by atoms with Crippen LogP contribution in [-0.2, 0) is 19.3 Å². The van der Waals surface area contributed by atoms with Crippen LogP contribution in [0, 0.1) is 10.1 Å². The second-order valence-electron chi connectivity index (χ2n) is 7.63. The molecule has 1 heterocycles. The second kappa shape index (κ2) is 5.95. The fourth-order valence-electron chi connectivity index (χ4n) is 4.85. The van der Waals surface area contributed by atoms with Crippen molar-refractivity contribution in [1.82, 2.24) is 4.98 Å². The minimum atomic E-state index is -0.305. The molecule has 0 saturated heterocycles. The number of quaternary nitrogens is 1. The molecule has 0 fully saturated rings. The number of rotatable bonds is 3. The quantitative estimate of drug-likeness (QED) is 0.563. The van der Waals surface area contributed by atoms with Crippen LogP contribution in [0.15, 0.2) is 42.5 Å². The highest BCUT2D eigenvalue weighted by Gasteiger charge is 2.32. The molecule has 2 aliphatic rings. The summed E-state index contributed by atoms with van der Waals surface area (Å²) in [5.41, 5.74) is 6.73. The highest BCUT2D eigenvalue weighted by Crippen LogP contribution is 2.35. The highest BCUT2D eigenvalue weighted by atomic mass is 16.6. The number of nitrogens with two attached hydrogens (primary N) is 1. The summed E-state index contributed by atoms with van der Waals surface area (Å²) >= 11 is 0. The van der Waals surface area contributed by atoms with Crippen LogP contribution in [0.2, 0.25) is 0 Å². The van der Waals surface area contributed by atoms with Crippen molar-refractivity contribution in [2.75, 3.05) is 0 Å². The molecule has 3 aromatic rings. The van der Waals surface area contributed by atoms with E-state index in [1.807, 2.05) is 6.07 Å². The van der Waals surface area contributed by atoms with E-state index in [1.165, 1.54) is 22.4 Å². The summed E-state index contributed by atoms with van der Waals surface area (Å²) in [6, 6.07) is 14.9. The Balaban J connectivity index is 1.45. The summed E-state index contributed by atoms with van der Waals surface area (Å²) < 4.78 is 0. The number of nitrogens with zero attached hydrogens (tertiary/aromatic N) is 1. The lowest BCUT2D eigenvalue weighted by atomic mass is 9.91. The Kier molecular flexibility index (Phi) is 3.57. The average molecular weight is 348 g/mol. The van der Waals surface area contributed by atoms with Gasteiger partial charge in [-0.1, -0.05) is 24.3 Å². The Morgan fingerprint density at radius 3 is 2.62 bits per heavy atom. The third-order valence-corrected chi connectivity index (χ3v) is 6.03. The van der Waals surface area contributed by atoms with Gasteiger partial charge >= 0.3 is 0 Å². The van der Waals surface area contributed by atoms with E-state index in [0.717, 1.165) is 43.0 Å². The molecule has 5 rings (SSSR count). The first-order chi connectivity index (χ1) is 12.7. The zero-order chi connectivity index (χ0) is 17.7. The normalized spacial score (nSPS) is 19.5. The van der Waals surface area contributed by atoms with Crippen molar-refractivity contribution in [3.8, 4) is 0 Å². The van der Waals surface area contributed by atoms with Gasteiger partial charge in [0.25, 0.3) is 5.69 Å². The smallest absolute Gasteiger partial charge is 0.270 e. The Morgan fingerprint density at radius 1 is 1.12 bits per heavy atom. The molecule has 0 radical (unpaired) electrons. The van der Waals surface area contributed by atoms with Crippen molar-refractivity contribution in [3.05, 3.63) is 75.0 Å². The molecule has 0 aliphatic heterocycles. The zero-order valence-corrected chi connectivity index (χ0v) is 14.6. The molecule has 0 unspecified atom stereocenters. The molecule has 1 atom stereocenters. The average Bonchev–Trinajstić information content (AvgIpc) is 3.22. The number of nitrogens with one attached hydrogen (secondary N) is 1. The van der Waals surface area contributed by atoms with Crippen LogP contribution in [0.3, 0.4) is 0 Å². The standard InChI is InChI=1S/C21H21N3O2/c25-24(26)16-8-9-19-18(12-16)17-6-3-7-20(21(17)23-19)22-15-10-13-4-1-2-5-14(13)11-15/h1-2,4-5,8-9,12,15,20,22-23H,3,6-7,10-11H2/p+1/t20-/m0/s1. The maximum Gasteiger partial charge on any atom is 0.270 e. The van der Waals surface area contributed by atoms with Crippen molar-refractivity contribution in [2.45, 2.75) is 44.2 Å². The van der Waals surface area contributed by atoms with E-state index >= 15 is 0 Å². The fraction of sp³-hybridized carbons (Fsp3) is 0.333. The first-order valence-electron chi connectivity index (χ1n) is 9.39. The minimum Gasteiger partial charge on any atom is -0.353 e. The van der Waals surface area contributed by atoms with Gasteiger partial charge in [-0.2, -0.15) is 0 Å². The summed E-state index contributed by atoms with van der Waals surface area (Å²) in [5, 5.41) is 14.7. The lowest BCUT2D eigenvalue weighted by molar-refractivity contribution is -0.728. The number of benzene rings is 2. The van der Waals surface area contributed by atoms with Gasteiger partial charge in [0.2, 0.25) is 0 Å². The number of nitro groups is 1. The van der Waals surface area contributed by atoms with Crippen LogP contribution in [0.4, 0.5) is 5.69 Å². The first kappa shape index (κ1) is 15.6. The van der Waals surface area contributed by atoms with Gasteiger partial charge in [-0.05, 0) is 35.6 Å². The van der Waals surface area contributed by atoms with Crippen molar-refractivity contribution in [1.29, 1.82) is 0 Å². The molecule has 0 spiro atoms. The number of aryl methyl sites for hydroxylation is 1. The zero-order valence-electron chi connectivity index (χ0n) is 14.6. The Morgan fingerprint density at radius 2 is 1.88 bits per heavy atom. The molecule has 1 aromatic heterocycles. The molecular weight excluding hydrogens is 326 g/mol. The molecule has 3 N–H and O–H groups in total. The topological polar surface area (TPSA) is 75.5 Å². The molecule has 0 bridgehead atoms. The van der Waals surface area contributed by atoms with Crippen LogP contribution in [0.1, 0.15) is 41.3 Å². The molecular formula is C21H22N3O2+. The van der Waals surface area contributed by atoms with Crippen molar-refractivity contribution in [2.24, 2.45) is 0 Å². The number of fused-ring (bicyclic) bond motifs is 4. The summed E-state index contributed by atoms with van der Waals surface area (Å²) in [4.78, 5) is 14.4. The summed E-state index contributed by atoms with van der Waals surface area (Å²) in [6.45, 7) is 0. The highest BCUT2D eigenvalue weighted by molar-refractivity contribution is 5.87. The molecule has 5 heteroatoms. The Labute approximate surface area is 151 Å². The minimum absolute atomic E-state index is 0.177. The lowest BCUT2D eigenvalue weighted by Crippen LogP contribution is -2.91. The lowest BCUT2D eigenvalue weighted by Gasteiger charge is -2.24. The van der Waals surface area contributed by atoms with Gasteiger partial charge in [0, 0.05) is 42.3 Å². The molecule has 2 aromatic carbocycles. The number of non-ortho nitro benzene ring substituents is 1. The van der Waals surface area contributed by atoms with Gasteiger partial charge in [-0.25, -0.2) is 0 Å². The molecule has 26 heavy (non-hydrogen) atoms. The van der Waals surface area contributed by atoms with Gasteiger partial charge < -0.3 is 10.3 Å². The predicted octanol–water partition coefficient (Wildman–Crippen LogP) is 3.18. The third kappa shape index (κ3) is 2.51. The number of aromatic nitrogens is 1. The summed E-state index contributed by atoms with van der Waals surface area (Å²) in [6.07, 6.45) is 5.57. The van der Waals surface area contributed by atoms with E-state index in [9.17, 15) is 10.1 Å². The maximum absolute atomic E-state index is 11.1. The van der Waals surface area contributed by atoms with Crippen LogP contribution in [0.25, 0.3) is 10.9 Å². The van der Waals surface area contributed by atoms with Crippen molar-refractivity contribution in [3.63, 3.8) is 0 Å². The van der Waals surface area contributed by atoms with Gasteiger partial charge in [0.1, 0.15) is 6.04 Å². The van der Waals surface area contributed by atoms with Gasteiger partial charge in [-0.3, -0.25) is 10.1 Å². The number of aromatic amines is 1. The predicted molar refractivity (Wildman–Crippen MR) is 100 cm³/mol. The van der Waals surface area contributed by atoms with Gasteiger partial charge in [-0.15, -0.1) is 0 Å². The van der Waals surface area contributed by atoms with Crippen molar-refractivity contribution >= 4 is 16.6 Å². The van der Waals surface area contributed by atoms with E-state index < -0.39 is 0 Å². The maximum atomic E-state index is 11.1. The molecule has 2 aliphatic carbocycles. The van der Waals surface area contributed by atoms with Crippen LogP contribution < -0.4 is 5.32 Å². The molecule has 0 saturated carbocycles. The Bertz CT molecular complexity index is 983. The number of nitro benzene ring substituents is 1. The number of hydrogen-bond donors (Lipinski definition) is 2. The van der Waals surface area contributed by atoms with Gasteiger partial charge in [0.15, 0.2) is 0 Å². The van der Waals surface area contributed by atoms with E-state index in [2.05, 4.69) is 34.6 Å². The fourth-order valence-corrected chi connectivity index (χ4v) is 4.85. The molecule has 0 amide bonds. The van der Waals surface area contributed by atoms with E-state index in [4.69, 9.17) is 0 Å². The first-order valence-corrected chi connectivity index (χ1v) is 9.39. The van der Waals surface area contributed by atoms with E-state index in [-0.39, 0.29) is 10.6 Å². The second-order valence-corrected chi connectivity index (χ2v) is 7.63. The Hall–Kier alpha value is -2.66. The van der Waals surface area contributed by atoms with Crippen LogP contribution in [0.5, 0.6) is 0 Å². The molecule has 132 valence electrons. The van der Waals surface area contributed by atoms with Crippen molar-refractivity contribution < 1.29 is 10.2 Å². The number of H-pyrrole nitrogens is 1. The molecule has 5 nitrogen and oxygen atoms in total. The summed E-state index contributed by atoms with van der Waals surface area (Å²) in [7, 11) is 0.